The van der Waals surface area contributed by atoms with Crippen LogP contribution in [0.4, 0.5) is 0 Å². The van der Waals surface area contributed by atoms with Crippen LogP contribution < -0.4 is 5.73 Å². The fraction of sp³-hybridized carbons (Fsp3) is 0.500. The molecule has 0 unspecified atom stereocenters. The van der Waals surface area contributed by atoms with Gasteiger partial charge in [0.1, 0.15) is 4.83 Å². The first-order valence-corrected chi connectivity index (χ1v) is 7.95. The maximum Gasteiger partial charge on any atom is 0.268 e. The lowest BCUT2D eigenvalue weighted by Gasteiger charge is -2.17. The molecule has 0 aliphatic heterocycles. The molecule has 0 amide bonds. The van der Waals surface area contributed by atoms with Crippen molar-refractivity contribution >= 4 is 21.6 Å². The summed E-state index contributed by atoms with van der Waals surface area (Å²) < 4.78 is 7.33. The van der Waals surface area contributed by atoms with Crippen molar-refractivity contribution in [2.24, 2.45) is 12.8 Å². The third kappa shape index (κ3) is 1.91. The Morgan fingerprint density at radius 2 is 2.14 bits per heavy atom. The van der Waals surface area contributed by atoms with Crippen molar-refractivity contribution in [3.05, 3.63) is 17.6 Å². The zero-order chi connectivity index (χ0) is 14.6. The molecular formula is C14H17N5OS. The highest BCUT2D eigenvalue weighted by Crippen LogP contribution is 2.38. The Balaban J connectivity index is 1.75. The van der Waals surface area contributed by atoms with E-state index in [4.69, 9.17) is 10.3 Å². The fourth-order valence-electron chi connectivity index (χ4n) is 3.07. The topological polar surface area (TPSA) is 82.8 Å². The van der Waals surface area contributed by atoms with Gasteiger partial charge >= 0.3 is 0 Å². The molecule has 110 valence electrons. The van der Waals surface area contributed by atoms with Crippen LogP contribution in [-0.2, 0) is 12.6 Å². The lowest BCUT2D eigenvalue weighted by Crippen LogP contribution is -2.34. The summed E-state index contributed by atoms with van der Waals surface area (Å²) in [5, 5.41) is 9.66. The molecule has 3 heterocycles. The molecule has 1 fully saturated rings. The van der Waals surface area contributed by atoms with Crippen molar-refractivity contribution in [3.8, 4) is 10.8 Å². The molecule has 1 saturated carbocycles. The molecule has 7 heteroatoms. The van der Waals surface area contributed by atoms with Crippen LogP contribution in [0.15, 0.2) is 10.6 Å². The van der Waals surface area contributed by atoms with Gasteiger partial charge in [-0.1, -0.05) is 18.0 Å². The molecule has 3 aromatic heterocycles. The molecule has 3 aromatic rings. The van der Waals surface area contributed by atoms with Gasteiger partial charge in [-0.2, -0.15) is 10.1 Å². The summed E-state index contributed by atoms with van der Waals surface area (Å²) >= 11 is 1.62. The first-order chi connectivity index (χ1) is 10.1. The van der Waals surface area contributed by atoms with Gasteiger partial charge in [-0.05, 0) is 25.8 Å². The van der Waals surface area contributed by atoms with E-state index in [-0.39, 0.29) is 0 Å². The van der Waals surface area contributed by atoms with Gasteiger partial charge in [0, 0.05) is 12.4 Å². The molecule has 1 aliphatic rings. The van der Waals surface area contributed by atoms with Gasteiger partial charge in [0.15, 0.2) is 5.82 Å². The quantitative estimate of drug-likeness (QED) is 0.787. The number of hydrogen-bond donors (Lipinski definition) is 1. The van der Waals surface area contributed by atoms with E-state index < -0.39 is 5.54 Å². The van der Waals surface area contributed by atoms with E-state index in [1.165, 1.54) is 0 Å². The summed E-state index contributed by atoms with van der Waals surface area (Å²) in [6.07, 6.45) is 4.13. The molecule has 21 heavy (non-hydrogen) atoms. The summed E-state index contributed by atoms with van der Waals surface area (Å²) in [6, 6.07) is 2.07. The zero-order valence-corrected chi connectivity index (χ0v) is 12.9. The molecule has 0 atom stereocenters. The van der Waals surface area contributed by atoms with Gasteiger partial charge in [-0.15, -0.1) is 11.3 Å². The number of aryl methyl sites for hydroxylation is 2. The molecule has 6 nitrogen and oxygen atoms in total. The van der Waals surface area contributed by atoms with Gasteiger partial charge in [0.2, 0.25) is 0 Å². The maximum atomic E-state index is 6.38. The standard InChI is InChI=1S/C14H17N5OS/c1-8-9-7-10(21-12(9)19(2)17-8)11-16-13(18-20-11)14(15)5-3-4-6-14/h7H,3-6,15H2,1-2H3. The summed E-state index contributed by atoms with van der Waals surface area (Å²) in [5.74, 6) is 1.20. The van der Waals surface area contributed by atoms with Gasteiger partial charge in [-0.3, -0.25) is 4.68 Å². The summed E-state index contributed by atoms with van der Waals surface area (Å²) in [7, 11) is 1.95. The number of thiophene rings is 1. The van der Waals surface area contributed by atoms with Gasteiger partial charge < -0.3 is 10.3 Å². The predicted molar refractivity (Wildman–Crippen MR) is 81.0 cm³/mol. The number of hydrogen-bond acceptors (Lipinski definition) is 6. The van der Waals surface area contributed by atoms with Crippen LogP contribution in [0.3, 0.4) is 0 Å². The van der Waals surface area contributed by atoms with Gasteiger partial charge in [-0.25, -0.2) is 0 Å². The Hall–Kier alpha value is -1.73. The zero-order valence-electron chi connectivity index (χ0n) is 12.1. The second-order valence-corrected chi connectivity index (χ2v) is 6.86. The van der Waals surface area contributed by atoms with Crippen LogP contribution >= 0.6 is 11.3 Å². The van der Waals surface area contributed by atoms with Crippen LogP contribution in [0.5, 0.6) is 0 Å². The first-order valence-electron chi connectivity index (χ1n) is 7.13. The Kier molecular flexibility index (Phi) is 2.71. The molecule has 0 aromatic carbocycles. The minimum Gasteiger partial charge on any atom is -0.333 e. The van der Waals surface area contributed by atoms with Gasteiger partial charge in [0.25, 0.3) is 5.89 Å². The normalized spacial score (nSPS) is 17.9. The number of aromatic nitrogens is 4. The molecule has 0 radical (unpaired) electrons. The number of fused-ring (bicyclic) bond motifs is 1. The molecule has 0 spiro atoms. The summed E-state index contributed by atoms with van der Waals surface area (Å²) in [4.78, 5) is 6.64. The molecule has 0 saturated heterocycles. The SMILES string of the molecule is Cc1nn(C)c2sc(-c3nc(C4(N)CCCC4)no3)cc12. The first kappa shape index (κ1) is 13.0. The highest BCUT2D eigenvalue weighted by molar-refractivity contribution is 7.21. The van der Waals surface area contributed by atoms with Crippen molar-refractivity contribution in [1.29, 1.82) is 0 Å². The largest absolute Gasteiger partial charge is 0.333 e. The second kappa shape index (κ2) is 4.38. The second-order valence-electron chi connectivity index (χ2n) is 5.82. The predicted octanol–water partition coefficient (Wildman–Crippen LogP) is 2.72. The lowest BCUT2D eigenvalue weighted by atomic mass is 9.99. The van der Waals surface area contributed by atoms with E-state index in [9.17, 15) is 0 Å². The molecule has 2 N–H and O–H groups in total. The van der Waals surface area contributed by atoms with Crippen LogP contribution in [0.25, 0.3) is 21.0 Å². The smallest absolute Gasteiger partial charge is 0.268 e. The van der Waals surface area contributed by atoms with E-state index in [1.54, 1.807) is 11.3 Å². The van der Waals surface area contributed by atoms with Crippen LogP contribution in [0.1, 0.15) is 37.2 Å². The van der Waals surface area contributed by atoms with Gasteiger partial charge in [0.05, 0.1) is 16.1 Å². The van der Waals surface area contributed by atoms with Crippen molar-refractivity contribution in [3.63, 3.8) is 0 Å². The number of nitrogens with two attached hydrogens (primary N) is 1. The van der Waals surface area contributed by atoms with Crippen molar-refractivity contribution in [2.45, 2.75) is 38.1 Å². The Bertz CT molecular complexity index is 774. The van der Waals surface area contributed by atoms with Crippen molar-refractivity contribution < 1.29 is 4.52 Å². The number of rotatable bonds is 2. The summed E-state index contributed by atoms with van der Waals surface area (Å²) in [5.41, 5.74) is 6.99. The average Bonchev–Trinajstić information content (AvgIpc) is 3.18. The highest BCUT2D eigenvalue weighted by Gasteiger charge is 2.36. The minimum atomic E-state index is -0.407. The van der Waals surface area contributed by atoms with E-state index in [2.05, 4.69) is 21.3 Å². The third-order valence-corrected chi connectivity index (χ3v) is 5.46. The average molecular weight is 303 g/mol. The maximum absolute atomic E-state index is 6.38. The van der Waals surface area contributed by atoms with Crippen molar-refractivity contribution in [2.75, 3.05) is 0 Å². The lowest BCUT2D eigenvalue weighted by molar-refractivity contribution is 0.373. The van der Waals surface area contributed by atoms with Crippen LogP contribution in [-0.4, -0.2) is 19.9 Å². The highest BCUT2D eigenvalue weighted by atomic mass is 32.1. The molecule has 0 bridgehead atoms. The minimum absolute atomic E-state index is 0.407. The van der Waals surface area contributed by atoms with E-state index in [1.807, 2.05) is 18.7 Å². The van der Waals surface area contributed by atoms with Crippen LogP contribution in [0.2, 0.25) is 0 Å². The van der Waals surface area contributed by atoms with E-state index in [0.29, 0.717) is 11.7 Å². The summed E-state index contributed by atoms with van der Waals surface area (Å²) in [6.45, 7) is 2.01. The Morgan fingerprint density at radius 1 is 1.38 bits per heavy atom. The third-order valence-electron chi connectivity index (χ3n) is 4.27. The molecule has 4 rings (SSSR count). The van der Waals surface area contributed by atoms with Crippen LogP contribution in [0, 0.1) is 6.92 Å². The molecule has 1 aliphatic carbocycles. The van der Waals surface area contributed by atoms with Crippen molar-refractivity contribution in [1.82, 2.24) is 19.9 Å². The number of nitrogens with zero attached hydrogens (tertiary/aromatic N) is 4. The molecular weight excluding hydrogens is 286 g/mol. The fourth-order valence-corrected chi connectivity index (χ4v) is 4.11. The monoisotopic (exact) mass is 303 g/mol. The Labute approximate surface area is 125 Å². The van der Waals surface area contributed by atoms with E-state index >= 15 is 0 Å². The Morgan fingerprint density at radius 3 is 2.86 bits per heavy atom. The van der Waals surface area contributed by atoms with E-state index in [0.717, 1.165) is 46.5 Å².